The van der Waals surface area contributed by atoms with Gasteiger partial charge in [0.2, 0.25) is 0 Å². The molecule has 0 saturated carbocycles. The van der Waals surface area contributed by atoms with Crippen LogP contribution in [0.25, 0.3) is 22.3 Å². The van der Waals surface area contributed by atoms with Gasteiger partial charge in [-0.1, -0.05) is 12.1 Å². The third kappa shape index (κ3) is 1.67. The first-order valence-electron chi connectivity index (χ1n) is 5.12. The number of nitrogen functional groups attached to an aromatic ring is 1. The molecule has 3 rings (SSSR count). The Bertz CT molecular complexity index is 666. The summed E-state index contributed by atoms with van der Waals surface area (Å²) in [5, 5.41) is 0. The first-order chi connectivity index (χ1) is 8.34. The number of nitrogens with zero attached hydrogens (tertiary/aromatic N) is 4. The van der Waals surface area contributed by atoms with E-state index in [-0.39, 0.29) is 0 Å². The molecule has 2 aromatic heterocycles. The van der Waals surface area contributed by atoms with Crippen LogP contribution in [0.2, 0.25) is 0 Å². The number of aromatic nitrogens is 4. The normalized spacial score (nSPS) is 10.6. The minimum Gasteiger partial charge on any atom is -0.382 e. The van der Waals surface area contributed by atoms with Gasteiger partial charge in [-0.15, -0.1) is 0 Å². The lowest BCUT2D eigenvalue weighted by atomic mass is 10.2. The van der Waals surface area contributed by atoms with Crippen LogP contribution in [-0.2, 0) is 0 Å². The van der Waals surface area contributed by atoms with E-state index in [9.17, 15) is 0 Å². The van der Waals surface area contributed by atoms with Crippen LogP contribution < -0.4 is 5.73 Å². The summed E-state index contributed by atoms with van der Waals surface area (Å²) < 4.78 is 0. The molecular weight excluding hydrogens is 214 g/mol. The topological polar surface area (TPSA) is 77.6 Å². The fraction of sp³-hybridized carbons (Fsp3) is 0. The predicted octanol–water partition coefficient (Wildman–Crippen LogP) is 1.67. The number of para-hydroxylation sites is 2. The third-order valence-electron chi connectivity index (χ3n) is 2.43. The Kier molecular flexibility index (Phi) is 2.15. The highest BCUT2D eigenvalue weighted by Crippen LogP contribution is 2.23. The highest BCUT2D eigenvalue weighted by Gasteiger charge is 2.08. The molecule has 0 aliphatic rings. The van der Waals surface area contributed by atoms with Crippen molar-refractivity contribution in [3.05, 3.63) is 43.0 Å². The average Bonchev–Trinajstić information content (AvgIpc) is 2.39. The fourth-order valence-electron chi connectivity index (χ4n) is 1.65. The lowest BCUT2D eigenvalue weighted by molar-refractivity contribution is 1.16. The summed E-state index contributed by atoms with van der Waals surface area (Å²) in [6.07, 6.45) is 4.80. The number of hydrogen-bond donors (Lipinski definition) is 1. The van der Waals surface area contributed by atoms with Crippen molar-refractivity contribution in [1.29, 1.82) is 0 Å². The Morgan fingerprint density at radius 3 is 2.24 bits per heavy atom. The molecule has 0 amide bonds. The van der Waals surface area contributed by atoms with Gasteiger partial charge in [0.25, 0.3) is 0 Å². The molecule has 0 aliphatic carbocycles. The molecule has 82 valence electrons. The van der Waals surface area contributed by atoms with Crippen molar-refractivity contribution < 1.29 is 0 Å². The molecule has 0 bridgehead atoms. The molecule has 0 atom stereocenters. The average molecular weight is 223 g/mol. The van der Waals surface area contributed by atoms with Gasteiger partial charge in [0.1, 0.15) is 12.0 Å². The van der Waals surface area contributed by atoms with Crippen LogP contribution in [0.5, 0.6) is 0 Å². The summed E-state index contributed by atoms with van der Waals surface area (Å²) in [4.78, 5) is 16.7. The largest absolute Gasteiger partial charge is 0.382 e. The van der Waals surface area contributed by atoms with E-state index in [2.05, 4.69) is 19.9 Å². The van der Waals surface area contributed by atoms with Gasteiger partial charge >= 0.3 is 0 Å². The molecule has 2 heterocycles. The minimum atomic E-state index is 0.388. The second-order valence-corrected chi connectivity index (χ2v) is 3.57. The zero-order chi connectivity index (χ0) is 11.7. The van der Waals surface area contributed by atoms with Crippen LogP contribution in [0.4, 0.5) is 5.82 Å². The molecular formula is C12H9N5. The second kappa shape index (κ2) is 3.79. The maximum absolute atomic E-state index is 5.89. The highest BCUT2D eigenvalue weighted by molar-refractivity contribution is 5.81. The SMILES string of the molecule is Nc1nc2ccccc2nc1-c1cncnc1. The van der Waals surface area contributed by atoms with E-state index < -0.39 is 0 Å². The molecule has 0 spiro atoms. The molecule has 0 unspecified atom stereocenters. The summed E-state index contributed by atoms with van der Waals surface area (Å²) in [6.45, 7) is 0. The van der Waals surface area contributed by atoms with Crippen LogP contribution in [-0.4, -0.2) is 19.9 Å². The van der Waals surface area contributed by atoms with E-state index >= 15 is 0 Å². The maximum Gasteiger partial charge on any atom is 0.150 e. The van der Waals surface area contributed by atoms with Gasteiger partial charge in [-0.2, -0.15) is 0 Å². The highest BCUT2D eigenvalue weighted by atomic mass is 14.9. The summed E-state index contributed by atoms with van der Waals surface area (Å²) in [5.74, 6) is 0.388. The Morgan fingerprint density at radius 2 is 1.53 bits per heavy atom. The van der Waals surface area contributed by atoms with Gasteiger partial charge in [0, 0.05) is 18.0 Å². The molecule has 5 heteroatoms. The monoisotopic (exact) mass is 223 g/mol. The zero-order valence-corrected chi connectivity index (χ0v) is 8.91. The molecule has 0 radical (unpaired) electrons. The number of rotatable bonds is 1. The first-order valence-corrected chi connectivity index (χ1v) is 5.12. The fourth-order valence-corrected chi connectivity index (χ4v) is 1.65. The molecule has 0 aliphatic heterocycles. The Balaban J connectivity index is 2.27. The molecule has 3 aromatic rings. The van der Waals surface area contributed by atoms with Crippen molar-refractivity contribution in [3.8, 4) is 11.3 Å². The van der Waals surface area contributed by atoms with Crippen molar-refractivity contribution >= 4 is 16.9 Å². The molecule has 5 nitrogen and oxygen atoms in total. The van der Waals surface area contributed by atoms with Crippen LogP contribution in [0.15, 0.2) is 43.0 Å². The van der Waals surface area contributed by atoms with E-state index in [1.54, 1.807) is 12.4 Å². The van der Waals surface area contributed by atoms with Crippen LogP contribution >= 0.6 is 0 Å². The summed E-state index contributed by atoms with van der Waals surface area (Å²) in [5.41, 5.74) is 8.86. The summed E-state index contributed by atoms with van der Waals surface area (Å²) >= 11 is 0. The number of benzene rings is 1. The predicted molar refractivity (Wildman–Crippen MR) is 65.0 cm³/mol. The lowest BCUT2D eigenvalue weighted by Gasteiger charge is -2.05. The van der Waals surface area contributed by atoms with E-state index in [1.807, 2.05) is 24.3 Å². The van der Waals surface area contributed by atoms with Crippen molar-refractivity contribution in [2.24, 2.45) is 0 Å². The molecule has 1 aromatic carbocycles. The number of hydrogen-bond acceptors (Lipinski definition) is 5. The van der Waals surface area contributed by atoms with E-state index in [0.29, 0.717) is 11.5 Å². The van der Waals surface area contributed by atoms with Gasteiger partial charge in [0.15, 0.2) is 5.82 Å². The Morgan fingerprint density at radius 1 is 0.882 bits per heavy atom. The third-order valence-corrected chi connectivity index (χ3v) is 2.43. The number of anilines is 1. The van der Waals surface area contributed by atoms with Crippen LogP contribution in [0, 0.1) is 0 Å². The maximum atomic E-state index is 5.89. The zero-order valence-electron chi connectivity index (χ0n) is 8.91. The van der Waals surface area contributed by atoms with Crippen LogP contribution in [0.3, 0.4) is 0 Å². The van der Waals surface area contributed by atoms with Gasteiger partial charge in [-0.25, -0.2) is 19.9 Å². The van der Waals surface area contributed by atoms with Crippen molar-refractivity contribution in [2.75, 3.05) is 5.73 Å². The van der Waals surface area contributed by atoms with Gasteiger partial charge in [0.05, 0.1) is 11.0 Å². The lowest BCUT2D eigenvalue weighted by Crippen LogP contribution is -1.98. The standard InChI is InChI=1S/C12H9N5/c13-12-11(8-5-14-7-15-6-8)16-9-3-1-2-4-10(9)17-12/h1-7H,(H2,13,17). The molecule has 2 N–H and O–H groups in total. The Hall–Kier alpha value is -2.56. The quantitative estimate of drug-likeness (QED) is 0.679. The minimum absolute atomic E-state index is 0.388. The van der Waals surface area contributed by atoms with E-state index in [1.165, 1.54) is 6.33 Å². The molecule has 0 fully saturated rings. The first kappa shape index (κ1) is 9.65. The van der Waals surface area contributed by atoms with E-state index in [0.717, 1.165) is 16.6 Å². The second-order valence-electron chi connectivity index (χ2n) is 3.57. The van der Waals surface area contributed by atoms with E-state index in [4.69, 9.17) is 5.73 Å². The number of fused-ring (bicyclic) bond motifs is 1. The summed E-state index contributed by atoms with van der Waals surface area (Å²) in [6, 6.07) is 7.60. The summed E-state index contributed by atoms with van der Waals surface area (Å²) in [7, 11) is 0. The van der Waals surface area contributed by atoms with Crippen LogP contribution in [0.1, 0.15) is 0 Å². The molecule has 17 heavy (non-hydrogen) atoms. The van der Waals surface area contributed by atoms with Crippen molar-refractivity contribution in [1.82, 2.24) is 19.9 Å². The van der Waals surface area contributed by atoms with Gasteiger partial charge in [-0.05, 0) is 12.1 Å². The van der Waals surface area contributed by atoms with Crippen molar-refractivity contribution in [2.45, 2.75) is 0 Å². The van der Waals surface area contributed by atoms with Gasteiger partial charge in [-0.3, -0.25) is 0 Å². The van der Waals surface area contributed by atoms with Gasteiger partial charge < -0.3 is 5.73 Å². The Labute approximate surface area is 97.4 Å². The number of nitrogens with two attached hydrogens (primary N) is 1. The van der Waals surface area contributed by atoms with Crippen molar-refractivity contribution in [3.63, 3.8) is 0 Å². The smallest absolute Gasteiger partial charge is 0.150 e. The molecule has 0 saturated heterocycles.